The number of aromatic nitrogens is 6. The number of fused-ring (bicyclic) bond motifs is 1. The fraction of sp³-hybridized carbons (Fsp3) is 0.500. The number of carbonyl (C=O) groups excluding carboxylic acids is 1. The van der Waals surface area contributed by atoms with E-state index in [0.717, 1.165) is 43.4 Å². The molecule has 1 aliphatic rings. The van der Waals surface area contributed by atoms with Gasteiger partial charge in [-0.15, -0.1) is 5.10 Å². The molecule has 1 amide bonds. The first-order valence-electron chi connectivity index (χ1n) is 8.74. The summed E-state index contributed by atoms with van der Waals surface area (Å²) in [6.07, 6.45) is 5.39. The largest absolute Gasteiger partial charge is 0.345 e. The predicted molar refractivity (Wildman–Crippen MR) is 97.2 cm³/mol. The van der Waals surface area contributed by atoms with Gasteiger partial charge in [0, 0.05) is 56.5 Å². The van der Waals surface area contributed by atoms with Crippen LogP contribution in [0.3, 0.4) is 0 Å². The maximum absolute atomic E-state index is 12.7. The molecule has 0 spiro atoms. The Morgan fingerprint density at radius 3 is 2.92 bits per heavy atom. The molecule has 0 atom stereocenters. The summed E-state index contributed by atoms with van der Waals surface area (Å²) in [6.45, 7) is 5.12. The molecule has 0 aliphatic carbocycles. The van der Waals surface area contributed by atoms with Crippen LogP contribution in [0, 0.1) is 0 Å². The van der Waals surface area contributed by atoms with Crippen molar-refractivity contribution in [3.8, 4) is 0 Å². The standard InChI is InChI=1S/C16H20N8OS/c1-2-12-19-16(26-21-12)23-7-4-6-22(9-10-23)14(25)11-13-18-15-17-5-3-8-24(15)20-13/h3,5,8H,2,4,6-7,9-11H2,1H3. The van der Waals surface area contributed by atoms with Crippen molar-refractivity contribution in [1.29, 1.82) is 0 Å². The maximum Gasteiger partial charge on any atom is 0.252 e. The number of hydrogen-bond donors (Lipinski definition) is 0. The normalized spacial score (nSPS) is 15.4. The Morgan fingerprint density at radius 1 is 1.19 bits per heavy atom. The van der Waals surface area contributed by atoms with E-state index in [1.165, 1.54) is 11.5 Å². The van der Waals surface area contributed by atoms with Crippen LogP contribution in [0.5, 0.6) is 0 Å². The number of amides is 1. The molecule has 3 aromatic rings. The Morgan fingerprint density at radius 2 is 2.12 bits per heavy atom. The number of anilines is 1. The van der Waals surface area contributed by atoms with Crippen molar-refractivity contribution in [1.82, 2.24) is 33.8 Å². The topological polar surface area (TPSA) is 92.4 Å². The average molecular weight is 372 g/mol. The third-order valence-electron chi connectivity index (χ3n) is 4.36. The van der Waals surface area contributed by atoms with Gasteiger partial charge in [0.25, 0.3) is 5.78 Å². The molecule has 1 aliphatic heterocycles. The van der Waals surface area contributed by atoms with Crippen molar-refractivity contribution < 1.29 is 4.79 Å². The molecular formula is C16H20N8OS. The van der Waals surface area contributed by atoms with Gasteiger partial charge in [-0.05, 0) is 12.5 Å². The van der Waals surface area contributed by atoms with E-state index in [9.17, 15) is 4.79 Å². The SMILES string of the molecule is CCc1nsc(N2CCCN(C(=O)Cc3nc4ncccn4n3)CC2)n1. The lowest BCUT2D eigenvalue weighted by Crippen LogP contribution is -2.36. The van der Waals surface area contributed by atoms with E-state index in [4.69, 9.17) is 0 Å². The molecule has 1 fully saturated rings. The van der Waals surface area contributed by atoms with Gasteiger partial charge in [-0.1, -0.05) is 6.92 Å². The molecule has 4 heterocycles. The van der Waals surface area contributed by atoms with Crippen LogP contribution in [-0.2, 0) is 17.6 Å². The lowest BCUT2D eigenvalue weighted by molar-refractivity contribution is -0.130. The second kappa shape index (κ2) is 7.32. The van der Waals surface area contributed by atoms with Crippen molar-refractivity contribution in [3.05, 3.63) is 30.1 Å². The van der Waals surface area contributed by atoms with Crippen molar-refractivity contribution in [2.75, 3.05) is 31.1 Å². The lowest BCUT2D eigenvalue weighted by atomic mass is 10.3. The Balaban J connectivity index is 1.39. The van der Waals surface area contributed by atoms with Crippen LogP contribution in [0.2, 0.25) is 0 Å². The van der Waals surface area contributed by atoms with Crippen molar-refractivity contribution in [3.63, 3.8) is 0 Å². The first-order chi connectivity index (χ1) is 12.7. The zero-order valence-corrected chi connectivity index (χ0v) is 15.4. The highest BCUT2D eigenvalue weighted by molar-refractivity contribution is 7.09. The van der Waals surface area contributed by atoms with Gasteiger partial charge in [0.2, 0.25) is 11.0 Å². The zero-order chi connectivity index (χ0) is 17.9. The van der Waals surface area contributed by atoms with Crippen LogP contribution >= 0.6 is 11.5 Å². The van der Waals surface area contributed by atoms with Crippen molar-refractivity contribution in [2.24, 2.45) is 0 Å². The summed E-state index contributed by atoms with van der Waals surface area (Å²) in [5, 5.41) is 5.26. The Kier molecular flexibility index (Phi) is 4.74. The average Bonchev–Trinajstić information content (AvgIpc) is 3.21. The van der Waals surface area contributed by atoms with E-state index in [2.05, 4.69) is 36.2 Å². The summed E-state index contributed by atoms with van der Waals surface area (Å²) >= 11 is 1.44. The molecule has 0 saturated carbocycles. The summed E-state index contributed by atoms with van der Waals surface area (Å²) in [4.78, 5) is 29.8. The molecule has 0 aromatic carbocycles. The minimum absolute atomic E-state index is 0.0502. The van der Waals surface area contributed by atoms with Gasteiger partial charge in [-0.2, -0.15) is 9.36 Å². The molecule has 0 unspecified atom stereocenters. The summed E-state index contributed by atoms with van der Waals surface area (Å²) < 4.78 is 5.95. The molecule has 3 aromatic heterocycles. The third kappa shape index (κ3) is 3.50. The summed E-state index contributed by atoms with van der Waals surface area (Å²) in [6, 6.07) is 1.79. The van der Waals surface area contributed by atoms with Gasteiger partial charge >= 0.3 is 0 Å². The van der Waals surface area contributed by atoms with E-state index in [-0.39, 0.29) is 12.3 Å². The number of rotatable bonds is 4. The fourth-order valence-corrected chi connectivity index (χ4v) is 3.77. The predicted octanol–water partition coefficient (Wildman–Crippen LogP) is 0.820. The van der Waals surface area contributed by atoms with Crippen molar-refractivity contribution >= 4 is 28.3 Å². The van der Waals surface area contributed by atoms with Gasteiger partial charge in [0.05, 0.1) is 6.42 Å². The highest BCUT2D eigenvalue weighted by Gasteiger charge is 2.22. The number of hydrogen-bond acceptors (Lipinski definition) is 8. The maximum atomic E-state index is 12.7. The van der Waals surface area contributed by atoms with Crippen LogP contribution < -0.4 is 4.90 Å². The molecule has 1 saturated heterocycles. The monoisotopic (exact) mass is 372 g/mol. The molecule has 10 heteroatoms. The highest BCUT2D eigenvalue weighted by Crippen LogP contribution is 2.19. The van der Waals surface area contributed by atoms with Crippen LogP contribution in [0.15, 0.2) is 18.5 Å². The van der Waals surface area contributed by atoms with Crippen LogP contribution in [0.4, 0.5) is 5.13 Å². The first kappa shape index (κ1) is 16.8. The minimum Gasteiger partial charge on any atom is -0.345 e. The second-order valence-corrected chi connectivity index (χ2v) is 6.87. The first-order valence-corrected chi connectivity index (χ1v) is 9.52. The Bertz CT molecular complexity index is 873. The van der Waals surface area contributed by atoms with Gasteiger partial charge in [-0.25, -0.2) is 14.5 Å². The van der Waals surface area contributed by atoms with Crippen LogP contribution in [0.25, 0.3) is 5.78 Å². The lowest BCUT2D eigenvalue weighted by Gasteiger charge is -2.21. The zero-order valence-electron chi connectivity index (χ0n) is 14.6. The van der Waals surface area contributed by atoms with Crippen LogP contribution in [-0.4, -0.2) is 65.9 Å². The van der Waals surface area contributed by atoms with Gasteiger partial charge in [0.1, 0.15) is 5.82 Å². The van der Waals surface area contributed by atoms with E-state index >= 15 is 0 Å². The summed E-state index contributed by atoms with van der Waals surface area (Å²) in [5.74, 6) is 1.95. The Hall–Kier alpha value is -2.62. The number of nitrogens with zero attached hydrogens (tertiary/aromatic N) is 8. The van der Waals surface area contributed by atoms with E-state index in [1.807, 2.05) is 4.90 Å². The van der Waals surface area contributed by atoms with E-state index < -0.39 is 0 Å². The highest BCUT2D eigenvalue weighted by atomic mass is 32.1. The third-order valence-corrected chi connectivity index (χ3v) is 5.18. The molecule has 0 N–H and O–H groups in total. The second-order valence-electron chi connectivity index (χ2n) is 6.14. The molecule has 0 bridgehead atoms. The smallest absolute Gasteiger partial charge is 0.252 e. The summed E-state index contributed by atoms with van der Waals surface area (Å²) in [7, 11) is 0. The molecule has 26 heavy (non-hydrogen) atoms. The van der Waals surface area contributed by atoms with Gasteiger partial charge in [-0.3, -0.25) is 4.79 Å². The fourth-order valence-electron chi connectivity index (χ4n) is 2.97. The molecule has 136 valence electrons. The number of aryl methyl sites for hydroxylation is 1. The molecular weight excluding hydrogens is 352 g/mol. The molecule has 0 radical (unpaired) electrons. The van der Waals surface area contributed by atoms with Crippen LogP contribution in [0.1, 0.15) is 25.0 Å². The summed E-state index contributed by atoms with van der Waals surface area (Å²) in [5.41, 5.74) is 0. The van der Waals surface area contributed by atoms with Gasteiger partial charge < -0.3 is 9.80 Å². The molecule has 9 nitrogen and oxygen atoms in total. The van der Waals surface area contributed by atoms with E-state index in [0.29, 0.717) is 18.1 Å². The quantitative estimate of drug-likeness (QED) is 0.669. The minimum atomic E-state index is 0.0502. The number of carbonyl (C=O) groups is 1. The van der Waals surface area contributed by atoms with Crippen molar-refractivity contribution in [2.45, 2.75) is 26.2 Å². The molecule has 4 rings (SSSR count). The Labute approximate surface area is 154 Å². The van der Waals surface area contributed by atoms with E-state index in [1.54, 1.807) is 23.0 Å². The van der Waals surface area contributed by atoms with Gasteiger partial charge in [0.15, 0.2) is 5.82 Å².